The quantitative estimate of drug-likeness (QED) is 0.556. The lowest BCUT2D eigenvalue weighted by atomic mass is 10.1. The average molecular weight is 442 g/mol. The monoisotopic (exact) mass is 441 g/mol. The summed E-state index contributed by atoms with van der Waals surface area (Å²) >= 11 is 1.36. The van der Waals surface area contributed by atoms with Crippen molar-refractivity contribution in [2.75, 3.05) is 0 Å². The molecule has 7 heteroatoms. The fourth-order valence-corrected chi connectivity index (χ4v) is 4.98. The second-order valence-corrected chi connectivity index (χ2v) is 9.00. The van der Waals surface area contributed by atoms with Crippen molar-refractivity contribution in [3.05, 3.63) is 76.5 Å². The lowest BCUT2D eigenvalue weighted by Crippen LogP contribution is -2.35. The number of fused-ring (bicyclic) bond motifs is 2. The molecule has 1 N–H and O–H groups in total. The van der Waals surface area contributed by atoms with Crippen molar-refractivity contribution in [1.82, 2.24) is 9.58 Å². The number of para-hydroxylation sites is 1. The molecule has 6 nitrogen and oxygen atoms in total. The fraction of sp³-hybridized carbons (Fsp3) is 0.200. The van der Waals surface area contributed by atoms with Crippen molar-refractivity contribution in [2.45, 2.75) is 33.7 Å². The zero-order valence-electron chi connectivity index (χ0n) is 18.2. The second-order valence-electron chi connectivity index (χ2n) is 7.96. The van der Waals surface area contributed by atoms with E-state index < -0.39 is 5.91 Å². The Morgan fingerprint density at radius 2 is 1.94 bits per heavy atom. The van der Waals surface area contributed by atoms with Gasteiger partial charge in [-0.2, -0.15) is 15.1 Å². The normalized spacial score (nSPS) is 17.2. The molecule has 2 aliphatic heterocycles. The average Bonchev–Trinajstić information content (AvgIpc) is 3.31. The van der Waals surface area contributed by atoms with Crippen molar-refractivity contribution in [2.24, 2.45) is 10.1 Å². The standard InChI is InChI=1S/C25H23N5OS/c1-4-22-28-30-23(26)20(24(31)27-25(30)32-22)13-19-16(3)29(21-11-6-5-10-18(19)21)14-17-9-7-8-15(2)12-17/h5-13,26H,4,14H2,1-3H3/b20-13+,26-23?. The molecule has 0 spiro atoms. The van der Waals surface area contributed by atoms with Gasteiger partial charge in [0.2, 0.25) is 5.17 Å². The Balaban J connectivity index is 1.62. The van der Waals surface area contributed by atoms with E-state index in [-0.39, 0.29) is 11.4 Å². The number of aryl methyl sites for hydroxylation is 1. The van der Waals surface area contributed by atoms with Crippen molar-refractivity contribution in [1.29, 1.82) is 5.41 Å². The van der Waals surface area contributed by atoms with Gasteiger partial charge in [0.25, 0.3) is 5.91 Å². The molecular formula is C25H23N5OS. The van der Waals surface area contributed by atoms with Crippen LogP contribution < -0.4 is 0 Å². The predicted octanol–water partition coefficient (Wildman–Crippen LogP) is 5.34. The number of amides is 1. The Hall–Kier alpha value is -3.45. The van der Waals surface area contributed by atoms with Crippen molar-refractivity contribution in [3.8, 4) is 0 Å². The van der Waals surface area contributed by atoms with Gasteiger partial charge >= 0.3 is 0 Å². The molecule has 0 bridgehead atoms. The van der Waals surface area contributed by atoms with Gasteiger partial charge in [-0.05, 0) is 49.7 Å². The highest BCUT2D eigenvalue weighted by Crippen LogP contribution is 2.32. The van der Waals surface area contributed by atoms with Crippen LogP contribution in [0.3, 0.4) is 0 Å². The zero-order valence-corrected chi connectivity index (χ0v) is 19.0. The molecule has 160 valence electrons. The number of carbonyl (C=O) groups excluding carboxylic acids is 1. The molecule has 3 heterocycles. The number of nitrogens with one attached hydrogen (secondary N) is 1. The van der Waals surface area contributed by atoms with E-state index >= 15 is 0 Å². The number of benzene rings is 2. The van der Waals surface area contributed by atoms with Crippen molar-refractivity contribution >= 4 is 50.7 Å². The number of carbonyl (C=O) groups is 1. The highest BCUT2D eigenvalue weighted by atomic mass is 32.2. The number of aromatic nitrogens is 1. The van der Waals surface area contributed by atoms with Crippen molar-refractivity contribution in [3.63, 3.8) is 0 Å². The molecule has 0 unspecified atom stereocenters. The molecular weight excluding hydrogens is 418 g/mol. The minimum absolute atomic E-state index is 0.0749. The van der Waals surface area contributed by atoms with E-state index in [2.05, 4.69) is 64.9 Å². The molecule has 0 aliphatic carbocycles. The number of thioether (sulfide) groups is 1. The number of hydrogen-bond acceptors (Lipinski definition) is 4. The van der Waals surface area contributed by atoms with Gasteiger partial charge in [0.15, 0.2) is 5.84 Å². The second kappa shape index (κ2) is 7.91. The minimum atomic E-state index is -0.392. The Morgan fingerprint density at radius 3 is 2.72 bits per heavy atom. The maximum Gasteiger partial charge on any atom is 0.283 e. The van der Waals surface area contributed by atoms with Crippen LogP contribution in [0, 0.1) is 19.3 Å². The summed E-state index contributed by atoms with van der Waals surface area (Å²) in [5, 5.41) is 16.9. The van der Waals surface area contributed by atoms with Crippen LogP contribution in [0.5, 0.6) is 0 Å². The van der Waals surface area contributed by atoms with E-state index in [1.807, 2.05) is 19.1 Å². The summed E-state index contributed by atoms with van der Waals surface area (Å²) in [6, 6.07) is 16.7. The molecule has 0 saturated carbocycles. The minimum Gasteiger partial charge on any atom is -0.340 e. The smallest absolute Gasteiger partial charge is 0.283 e. The first-order valence-corrected chi connectivity index (χ1v) is 11.4. The number of hydrazone groups is 1. The number of hydrogen-bond donors (Lipinski definition) is 1. The molecule has 0 atom stereocenters. The van der Waals surface area contributed by atoms with E-state index in [0.717, 1.165) is 40.2 Å². The van der Waals surface area contributed by atoms with Gasteiger partial charge in [-0.25, -0.2) is 0 Å². The Kier molecular flexibility index (Phi) is 5.06. The van der Waals surface area contributed by atoms with Crippen molar-refractivity contribution < 1.29 is 4.79 Å². The number of rotatable bonds is 4. The third kappa shape index (κ3) is 3.39. The number of aliphatic imine (C=N–C) groups is 1. The van der Waals surface area contributed by atoms with Crippen LogP contribution in [0.1, 0.15) is 35.7 Å². The maximum atomic E-state index is 12.8. The summed E-state index contributed by atoms with van der Waals surface area (Å²) in [5.41, 5.74) is 5.79. The lowest BCUT2D eigenvalue weighted by molar-refractivity contribution is -0.114. The third-order valence-electron chi connectivity index (χ3n) is 5.79. The van der Waals surface area contributed by atoms with Gasteiger partial charge in [-0.15, -0.1) is 0 Å². The highest BCUT2D eigenvalue weighted by Gasteiger charge is 2.35. The molecule has 5 rings (SSSR count). The van der Waals surface area contributed by atoms with Gasteiger partial charge in [0.1, 0.15) is 5.04 Å². The van der Waals surface area contributed by atoms with Gasteiger partial charge in [-0.3, -0.25) is 10.2 Å². The van der Waals surface area contributed by atoms with Crippen LogP contribution in [0.15, 0.2) is 64.2 Å². The predicted molar refractivity (Wildman–Crippen MR) is 132 cm³/mol. The number of nitrogens with zero attached hydrogens (tertiary/aromatic N) is 4. The molecule has 0 fully saturated rings. The molecule has 32 heavy (non-hydrogen) atoms. The third-order valence-corrected chi connectivity index (χ3v) is 6.84. The topological polar surface area (TPSA) is 73.8 Å². The van der Waals surface area contributed by atoms with Crippen LogP contribution >= 0.6 is 11.8 Å². The largest absolute Gasteiger partial charge is 0.340 e. The van der Waals surface area contributed by atoms with Gasteiger partial charge in [0, 0.05) is 28.7 Å². The van der Waals surface area contributed by atoms with Crippen LogP contribution in [0.25, 0.3) is 17.0 Å². The summed E-state index contributed by atoms with van der Waals surface area (Å²) in [7, 11) is 0. The Bertz CT molecular complexity index is 1380. The first kappa shape index (κ1) is 20.5. The van der Waals surface area contributed by atoms with E-state index in [9.17, 15) is 4.79 Å². The van der Waals surface area contributed by atoms with E-state index in [1.54, 1.807) is 6.08 Å². The van der Waals surface area contributed by atoms with Crippen LogP contribution in [0.2, 0.25) is 0 Å². The van der Waals surface area contributed by atoms with Gasteiger partial charge in [-0.1, -0.05) is 55.0 Å². The summed E-state index contributed by atoms with van der Waals surface area (Å²) in [5.74, 6) is -0.318. The molecule has 1 amide bonds. The maximum absolute atomic E-state index is 12.8. The molecule has 1 aromatic heterocycles. The summed E-state index contributed by atoms with van der Waals surface area (Å²) in [6.45, 7) is 6.89. The van der Waals surface area contributed by atoms with E-state index in [0.29, 0.717) is 5.17 Å². The molecule has 0 saturated heterocycles. The van der Waals surface area contributed by atoms with E-state index in [4.69, 9.17) is 5.41 Å². The summed E-state index contributed by atoms with van der Waals surface area (Å²) < 4.78 is 2.27. The van der Waals surface area contributed by atoms with Crippen LogP contribution in [-0.4, -0.2) is 31.5 Å². The zero-order chi connectivity index (χ0) is 22.4. The van der Waals surface area contributed by atoms with E-state index in [1.165, 1.54) is 27.9 Å². The van der Waals surface area contributed by atoms with Crippen LogP contribution in [0.4, 0.5) is 0 Å². The first-order chi connectivity index (χ1) is 15.5. The summed E-state index contributed by atoms with van der Waals surface area (Å²) in [6.07, 6.45) is 2.55. The SMILES string of the molecule is CCC1=NN2C(=N)/C(=C\c3c(C)n(Cc4cccc(C)c4)c4ccccc34)C(=O)N=C2S1. The lowest BCUT2D eigenvalue weighted by Gasteiger charge is -2.20. The Morgan fingerprint density at radius 1 is 1.12 bits per heavy atom. The molecule has 2 aliphatic rings. The van der Waals surface area contributed by atoms with Gasteiger partial charge < -0.3 is 4.57 Å². The Labute approximate surface area is 190 Å². The fourth-order valence-electron chi connectivity index (χ4n) is 4.16. The molecule has 2 aromatic carbocycles. The first-order valence-electron chi connectivity index (χ1n) is 10.6. The van der Waals surface area contributed by atoms with Gasteiger partial charge in [0.05, 0.1) is 5.57 Å². The highest BCUT2D eigenvalue weighted by molar-refractivity contribution is 8.26. The molecule has 0 radical (unpaired) electrons. The molecule has 3 aromatic rings. The summed E-state index contributed by atoms with van der Waals surface area (Å²) in [4.78, 5) is 17.0. The van der Waals surface area contributed by atoms with Crippen LogP contribution in [-0.2, 0) is 11.3 Å². The number of amidine groups is 2.